The first kappa shape index (κ1) is 8.30. The van der Waals surface area contributed by atoms with Crippen LogP contribution in [0.15, 0.2) is 30.3 Å². The van der Waals surface area contributed by atoms with Crippen LogP contribution in [0.4, 0.5) is 5.69 Å². The van der Waals surface area contributed by atoms with Gasteiger partial charge in [-0.2, -0.15) is 0 Å². The summed E-state index contributed by atoms with van der Waals surface area (Å²) in [5, 5.41) is 0. The number of hydrogen-bond acceptors (Lipinski definition) is 1. The molecule has 1 aliphatic rings. The van der Waals surface area contributed by atoms with E-state index in [9.17, 15) is 4.79 Å². The van der Waals surface area contributed by atoms with E-state index in [1.54, 1.807) is 4.90 Å². The van der Waals surface area contributed by atoms with E-state index in [1.807, 2.05) is 36.7 Å². The minimum absolute atomic E-state index is 0.710. The molecular weight excluding hydrogens is 162 g/mol. The van der Waals surface area contributed by atoms with Crippen molar-refractivity contribution < 1.29 is 4.79 Å². The van der Waals surface area contributed by atoms with E-state index < -0.39 is 0 Å². The lowest BCUT2D eigenvalue weighted by Gasteiger charge is -2.15. The highest BCUT2D eigenvalue weighted by Crippen LogP contribution is 2.30. The van der Waals surface area contributed by atoms with Crippen molar-refractivity contribution in [2.45, 2.75) is 12.8 Å². The van der Waals surface area contributed by atoms with Crippen molar-refractivity contribution in [3.05, 3.63) is 30.3 Å². The summed E-state index contributed by atoms with van der Waals surface area (Å²) in [4.78, 5) is 12.3. The summed E-state index contributed by atoms with van der Waals surface area (Å²) in [5.41, 5.74) is 0.949. The SMILES string of the molecule is O=[C]N(CC1CC1)c1ccccc1. The Morgan fingerprint density at radius 2 is 2.00 bits per heavy atom. The second kappa shape index (κ2) is 3.60. The summed E-state index contributed by atoms with van der Waals surface area (Å²) in [6, 6.07) is 9.70. The van der Waals surface area contributed by atoms with Crippen LogP contribution in [0.3, 0.4) is 0 Å². The maximum atomic E-state index is 10.7. The molecule has 0 heterocycles. The average molecular weight is 174 g/mol. The molecule has 2 heteroatoms. The number of rotatable bonds is 4. The first-order valence-corrected chi connectivity index (χ1v) is 4.60. The minimum atomic E-state index is 0.710. The Balaban J connectivity index is 2.06. The van der Waals surface area contributed by atoms with Gasteiger partial charge in [-0.25, -0.2) is 0 Å². The fourth-order valence-corrected chi connectivity index (χ4v) is 1.36. The maximum Gasteiger partial charge on any atom is 0.316 e. The van der Waals surface area contributed by atoms with Gasteiger partial charge in [-0.05, 0) is 30.9 Å². The summed E-state index contributed by atoms with van der Waals surface area (Å²) in [5.74, 6) is 0.710. The zero-order valence-corrected chi connectivity index (χ0v) is 7.44. The van der Waals surface area contributed by atoms with Crippen molar-refractivity contribution in [2.75, 3.05) is 11.4 Å². The quantitative estimate of drug-likeness (QED) is 0.639. The molecule has 0 atom stereocenters. The predicted molar refractivity (Wildman–Crippen MR) is 52.2 cm³/mol. The van der Waals surface area contributed by atoms with Gasteiger partial charge in [0.05, 0.1) is 0 Å². The van der Waals surface area contributed by atoms with Gasteiger partial charge in [0.25, 0.3) is 0 Å². The minimum Gasteiger partial charge on any atom is -0.304 e. The Morgan fingerprint density at radius 3 is 2.54 bits per heavy atom. The molecule has 0 bridgehead atoms. The lowest BCUT2D eigenvalue weighted by atomic mass is 10.3. The van der Waals surface area contributed by atoms with E-state index in [4.69, 9.17) is 0 Å². The summed E-state index contributed by atoms with van der Waals surface area (Å²) < 4.78 is 0. The molecule has 0 saturated heterocycles. The summed E-state index contributed by atoms with van der Waals surface area (Å²) in [6.45, 7) is 0.827. The second-order valence-electron chi connectivity index (χ2n) is 3.48. The smallest absolute Gasteiger partial charge is 0.304 e. The predicted octanol–water partition coefficient (Wildman–Crippen LogP) is 1.97. The van der Waals surface area contributed by atoms with Gasteiger partial charge in [0.2, 0.25) is 0 Å². The summed E-state index contributed by atoms with van der Waals surface area (Å²) >= 11 is 0. The molecule has 0 unspecified atom stereocenters. The molecule has 1 fully saturated rings. The van der Waals surface area contributed by atoms with Gasteiger partial charge in [-0.3, -0.25) is 4.79 Å². The molecule has 1 saturated carbocycles. The Hall–Kier alpha value is -1.31. The van der Waals surface area contributed by atoms with E-state index >= 15 is 0 Å². The lowest BCUT2D eigenvalue weighted by molar-refractivity contribution is 0.549. The fraction of sp³-hybridized carbons (Fsp3) is 0.364. The highest BCUT2D eigenvalue weighted by molar-refractivity contribution is 5.75. The first-order chi connectivity index (χ1) is 6.40. The average Bonchev–Trinajstić information content (AvgIpc) is 2.99. The Kier molecular flexibility index (Phi) is 2.30. The Labute approximate surface area is 78.2 Å². The molecule has 0 spiro atoms. The third-order valence-electron chi connectivity index (χ3n) is 2.32. The van der Waals surface area contributed by atoms with Crippen LogP contribution >= 0.6 is 0 Å². The van der Waals surface area contributed by atoms with E-state index in [0.29, 0.717) is 5.92 Å². The van der Waals surface area contributed by atoms with Crippen molar-refractivity contribution in [3.8, 4) is 0 Å². The summed E-state index contributed by atoms with van der Waals surface area (Å²) in [7, 11) is 0. The van der Waals surface area contributed by atoms with E-state index in [-0.39, 0.29) is 0 Å². The molecule has 13 heavy (non-hydrogen) atoms. The highest BCUT2D eigenvalue weighted by Gasteiger charge is 2.24. The Morgan fingerprint density at radius 1 is 1.31 bits per heavy atom. The van der Waals surface area contributed by atoms with Gasteiger partial charge in [0, 0.05) is 12.2 Å². The van der Waals surface area contributed by atoms with Gasteiger partial charge in [-0.1, -0.05) is 18.2 Å². The molecule has 1 aliphatic carbocycles. The number of anilines is 1. The molecule has 1 amide bonds. The molecule has 0 aromatic heterocycles. The zero-order valence-electron chi connectivity index (χ0n) is 7.44. The number of nitrogens with zero attached hydrogens (tertiary/aromatic N) is 1. The monoisotopic (exact) mass is 174 g/mol. The van der Waals surface area contributed by atoms with Gasteiger partial charge in [0.1, 0.15) is 0 Å². The second-order valence-corrected chi connectivity index (χ2v) is 3.48. The molecule has 0 N–H and O–H groups in total. The van der Waals surface area contributed by atoms with Crippen LogP contribution in [0, 0.1) is 5.92 Å². The molecular formula is C11H12NO. The van der Waals surface area contributed by atoms with E-state index in [0.717, 1.165) is 12.2 Å². The molecule has 1 aromatic rings. The van der Waals surface area contributed by atoms with Crippen LogP contribution < -0.4 is 4.90 Å². The largest absolute Gasteiger partial charge is 0.316 e. The maximum absolute atomic E-state index is 10.7. The third-order valence-corrected chi connectivity index (χ3v) is 2.32. The van der Waals surface area contributed by atoms with Crippen molar-refractivity contribution in [3.63, 3.8) is 0 Å². The number of para-hydroxylation sites is 1. The van der Waals surface area contributed by atoms with Crippen molar-refractivity contribution in [1.29, 1.82) is 0 Å². The van der Waals surface area contributed by atoms with Crippen molar-refractivity contribution in [1.82, 2.24) is 0 Å². The number of hydrogen-bond donors (Lipinski definition) is 0. The van der Waals surface area contributed by atoms with Gasteiger partial charge < -0.3 is 4.90 Å². The van der Waals surface area contributed by atoms with Gasteiger partial charge >= 0.3 is 6.41 Å². The molecule has 1 radical (unpaired) electrons. The summed E-state index contributed by atoms with van der Waals surface area (Å²) in [6.07, 6.45) is 4.48. The third kappa shape index (κ3) is 2.08. The van der Waals surface area contributed by atoms with Crippen molar-refractivity contribution in [2.24, 2.45) is 5.92 Å². The molecule has 2 nitrogen and oxygen atoms in total. The van der Waals surface area contributed by atoms with Crippen LogP contribution in [0.25, 0.3) is 0 Å². The first-order valence-electron chi connectivity index (χ1n) is 4.60. The molecule has 67 valence electrons. The topological polar surface area (TPSA) is 20.3 Å². The van der Waals surface area contributed by atoms with Crippen LogP contribution in [-0.2, 0) is 4.79 Å². The molecule has 1 aromatic carbocycles. The van der Waals surface area contributed by atoms with Gasteiger partial charge in [-0.15, -0.1) is 0 Å². The van der Waals surface area contributed by atoms with E-state index in [2.05, 4.69) is 0 Å². The number of amides is 1. The number of benzene rings is 1. The Bertz CT molecular complexity index is 279. The van der Waals surface area contributed by atoms with E-state index in [1.165, 1.54) is 12.8 Å². The highest BCUT2D eigenvalue weighted by atomic mass is 16.1. The van der Waals surface area contributed by atoms with Crippen LogP contribution in [-0.4, -0.2) is 13.0 Å². The fourth-order valence-electron chi connectivity index (χ4n) is 1.36. The zero-order chi connectivity index (χ0) is 9.10. The van der Waals surface area contributed by atoms with Crippen molar-refractivity contribution >= 4 is 12.1 Å². The van der Waals surface area contributed by atoms with Crippen LogP contribution in [0.5, 0.6) is 0 Å². The molecule has 0 aliphatic heterocycles. The standard InChI is InChI=1S/C11H12NO/c13-9-12(8-10-6-7-10)11-4-2-1-3-5-11/h1-5,10H,6-8H2. The molecule has 2 rings (SSSR count). The lowest BCUT2D eigenvalue weighted by Crippen LogP contribution is -2.23. The van der Waals surface area contributed by atoms with Crippen LogP contribution in [0.1, 0.15) is 12.8 Å². The van der Waals surface area contributed by atoms with Crippen LogP contribution in [0.2, 0.25) is 0 Å². The van der Waals surface area contributed by atoms with Gasteiger partial charge in [0.15, 0.2) is 0 Å². The number of carbonyl (C=O) groups excluding carboxylic acids is 1. The normalized spacial score (nSPS) is 15.4.